The van der Waals surface area contributed by atoms with Gasteiger partial charge in [-0.25, -0.2) is 12.8 Å². The highest BCUT2D eigenvalue weighted by molar-refractivity contribution is 7.92. The van der Waals surface area contributed by atoms with Crippen LogP contribution in [0.4, 0.5) is 15.8 Å². The fraction of sp³-hybridized carbons (Fsp3) is 0.222. The molecule has 0 amide bonds. The van der Waals surface area contributed by atoms with Crippen LogP contribution in [0.15, 0.2) is 53.9 Å². The summed E-state index contributed by atoms with van der Waals surface area (Å²) < 4.78 is 39.6. The number of piperazine rings is 1. The van der Waals surface area contributed by atoms with Gasteiger partial charge < -0.3 is 4.90 Å². The largest absolute Gasteiger partial charge is 0.363 e. The Balaban J connectivity index is 1.70. The zero-order valence-electron chi connectivity index (χ0n) is 14.4. The molecular weight excluding hydrogens is 373 g/mol. The van der Waals surface area contributed by atoms with E-state index >= 15 is 0 Å². The van der Waals surface area contributed by atoms with Crippen molar-refractivity contribution in [1.29, 1.82) is 0 Å². The van der Waals surface area contributed by atoms with Gasteiger partial charge in [0.1, 0.15) is 11.5 Å². The van der Waals surface area contributed by atoms with Gasteiger partial charge in [-0.3, -0.25) is 10.1 Å². The molecule has 1 fully saturated rings. The van der Waals surface area contributed by atoms with E-state index in [-0.39, 0.29) is 31.9 Å². The maximum atomic E-state index is 13.3. The summed E-state index contributed by atoms with van der Waals surface area (Å²) in [6.07, 6.45) is 1.53. The molecule has 1 heterocycles. The zero-order chi connectivity index (χ0) is 19.4. The van der Waals surface area contributed by atoms with Gasteiger partial charge in [0, 0.05) is 31.6 Å². The Morgan fingerprint density at radius 2 is 1.70 bits per heavy atom. The monoisotopic (exact) mass is 391 g/mol. The van der Waals surface area contributed by atoms with Gasteiger partial charge in [-0.2, -0.15) is 4.31 Å². The standard InChI is InChI=1S/C18H18FN3O4S/c19-16-6-7-17(18(14-16)22(23)24)20-9-11-21(12-10-20)27(25,26)13-8-15-4-2-1-3-5-15/h1-8,13-14H,9-12H2/b13-8+. The molecule has 0 N–H and O–H groups in total. The van der Waals surface area contributed by atoms with E-state index < -0.39 is 20.8 Å². The van der Waals surface area contributed by atoms with Crippen molar-refractivity contribution >= 4 is 27.5 Å². The molecule has 0 aliphatic carbocycles. The molecule has 0 atom stereocenters. The molecular formula is C18H18FN3O4S. The molecule has 7 nitrogen and oxygen atoms in total. The molecule has 0 bridgehead atoms. The summed E-state index contributed by atoms with van der Waals surface area (Å²) in [6, 6.07) is 12.5. The van der Waals surface area contributed by atoms with Crippen molar-refractivity contribution in [2.75, 3.05) is 31.1 Å². The van der Waals surface area contributed by atoms with Crippen molar-refractivity contribution in [1.82, 2.24) is 4.31 Å². The van der Waals surface area contributed by atoms with E-state index in [9.17, 15) is 22.9 Å². The first kappa shape index (κ1) is 19.0. The number of sulfonamides is 1. The third kappa shape index (κ3) is 4.50. The van der Waals surface area contributed by atoms with Crippen LogP contribution in [0.1, 0.15) is 5.56 Å². The second-order valence-corrected chi connectivity index (χ2v) is 7.85. The summed E-state index contributed by atoms with van der Waals surface area (Å²) in [7, 11) is -3.59. The minimum Gasteiger partial charge on any atom is -0.363 e. The fourth-order valence-corrected chi connectivity index (χ4v) is 4.08. The summed E-state index contributed by atoms with van der Waals surface area (Å²) in [5.41, 5.74) is 0.746. The van der Waals surface area contributed by atoms with E-state index in [1.54, 1.807) is 17.0 Å². The summed E-state index contributed by atoms with van der Waals surface area (Å²) in [4.78, 5) is 12.2. The van der Waals surface area contributed by atoms with Crippen molar-refractivity contribution in [3.8, 4) is 0 Å². The topological polar surface area (TPSA) is 83.8 Å². The van der Waals surface area contributed by atoms with Gasteiger partial charge in [-0.1, -0.05) is 30.3 Å². The van der Waals surface area contributed by atoms with Crippen LogP contribution < -0.4 is 4.90 Å². The Hall–Kier alpha value is -2.78. The van der Waals surface area contributed by atoms with Gasteiger partial charge in [0.05, 0.1) is 11.0 Å². The number of hydrogen-bond donors (Lipinski definition) is 0. The minimum absolute atomic E-state index is 0.190. The Labute approximate surface area is 156 Å². The molecule has 2 aromatic carbocycles. The second kappa shape index (κ2) is 7.85. The lowest BCUT2D eigenvalue weighted by atomic mass is 10.2. The van der Waals surface area contributed by atoms with Crippen molar-refractivity contribution in [3.05, 3.63) is 75.4 Å². The van der Waals surface area contributed by atoms with Crippen molar-refractivity contribution < 1.29 is 17.7 Å². The van der Waals surface area contributed by atoms with E-state index in [1.165, 1.54) is 21.9 Å². The Morgan fingerprint density at radius 1 is 1.04 bits per heavy atom. The number of nitrogens with zero attached hydrogens (tertiary/aromatic N) is 3. The number of benzene rings is 2. The molecule has 3 rings (SSSR count). The normalized spacial score (nSPS) is 16.0. The number of halogens is 1. The molecule has 9 heteroatoms. The Kier molecular flexibility index (Phi) is 5.52. The number of hydrogen-bond acceptors (Lipinski definition) is 5. The maximum absolute atomic E-state index is 13.3. The highest BCUT2D eigenvalue weighted by Crippen LogP contribution is 2.30. The van der Waals surface area contributed by atoms with Crippen LogP contribution in [0.2, 0.25) is 0 Å². The van der Waals surface area contributed by atoms with Crippen LogP contribution in [0.25, 0.3) is 6.08 Å². The maximum Gasteiger partial charge on any atom is 0.295 e. The molecule has 0 unspecified atom stereocenters. The van der Waals surface area contributed by atoms with Crippen LogP contribution >= 0.6 is 0 Å². The van der Waals surface area contributed by atoms with Gasteiger partial charge >= 0.3 is 0 Å². The average molecular weight is 391 g/mol. The lowest BCUT2D eigenvalue weighted by molar-refractivity contribution is -0.384. The van der Waals surface area contributed by atoms with Crippen LogP contribution in [0, 0.1) is 15.9 Å². The quantitative estimate of drug-likeness (QED) is 0.578. The van der Waals surface area contributed by atoms with E-state index in [4.69, 9.17) is 0 Å². The van der Waals surface area contributed by atoms with Gasteiger partial charge in [0.15, 0.2) is 0 Å². The Bertz CT molecular complexity index is 956. The summed E-state index contributed by atoms with van der Waals surface area (Å²) >= 11 is 0. The zero-order valence-corrected chi connectivity index (χ0v) is 15.2. The van der Waals surface area contributed by atoms with E-state index in [0.717, 1.165) is 17.7 Å². The summed E-state index contributed by atoms with van der Waals surface area (Å²) in [6.45, 7) is 0.946. The van der Waals surface area contributed by atoms with Crippen molar-refractivity contribution in [2.45, 2.75) is 0 Å². The van der Waals surface area contributed by atoms with Crippen LogP contribution in [-0.2, 0) is 10.0 Å². The first-order valence-corrected chi connectivity index (χ1v) is 9.79. The first-order valence-electron chi connectivity index (χ1n) is 8.29. The van der Waals surface area contributed by atoms with Crippen molar-refractivity contribution in [2.24, 2.45) is 0 Å². The fourth-order valence-electron chi connectivity index (χ4n) is 2.91. The highest BCUT2D eigenvalue weighted by Gasteiger charge is 2.28. The number of nitro benzene ring substituents is 1. The van der Waals surface area contributed by atoms with E-state index in [1.807, 2.05) is 18.2 Å². The molecule has 142 valence electrons. The Morgan fingerprint density at radius 3 is 2.33 bits per heavy atom. The molecule has 2 aromatic rings. The van der Waals surface area contributed by atoms with Gasteiger partial charge in [-0.15, -0.1) is 0 Å². The van der Waals surface area contributed by atoms with E-state index in [2.05, 4.69) is 0 Å². The van der Waals surface area contributed by atoms with Gasteiger partial charge in [0.2, 0.25) is 10.0 Å². The summed E-state index contributed by atoms with van der Waals surface area (Å²) in [5.74, 6) is -0.683. The predicted octanol–water partition coefficient (Wildman–Crippen LogP) is 2.86. The molecule has 1 aliphatic rings. The molecule has 0 aromatic heterocycles. The minimum atomic E-state index is -3.59. The lowest BCUT2D eigenvalue weighted by Gasteiger charge is -2.34. The van der Waals surface area contributed by atoms with Gasteiger partial charge in [0.25, 0.3) is 5.69 Å². The molecule has 0 radical (unpaired) electrons. The first-order chi connectivity index (χ1) is 12.9. The highest BCUT2D eigenvalue weighted by atomic mass is 32.2. The average Bonchev–Trinajstić information content (AvgIpc) is 2.67. The lowest BCUT2D eigenvalue weighted by Crippen LogP contribution is -2.48. The second-order valence-electron chi connectivity index (χ2n) is 6.03. The smallest absolute Gasteiger partial charge is 0.295 e. The summed E-state index contributed by atoms with van der Waals surface area (Å²) in [5, 5.41) is 12.3. The third-order valence-corrected chi connectivity index (χ3v) is 5.87. The predicted molar refractivity (Wildman–Crippen MR) is 101 cm³/mol. The number of anilines is 1. The number of rotatable bonds is 5. The van der Waals surface area contributed by atoms with Crippen LogP contribution in [0.3, 0.4) is 0 Å². The van der Waals surface area contributed by atoms with Crippen LogP contribution in [-0.4, -0.2) is 43.8 Å². The molecule has 0 spiro atoms. The third-order valence-electron chi connectivity index (χ3n) is 4.31. The molecule has 1 saturated heterocycles. The molecule has 1 aliphatic heterocycles. The number of nitro groups is 1. The van der Waals surface area contributed by atoms with Crippen molar-refractivity contribution in [3.63, 3.8) is 0 Å². The molecule has 0 saturated carbocycles. The van der Waals surface area contributed by atoms with Crippen LogP contribution in [0.5, 0.6) is 0 Å². The van der Waals surface area contributed by atoms with Gasteiger partial charge in [-0.05, 0) is 23.8 Å². The SMILES string of the molecule is O=[N+]([O-])c1cc(F)ccc1N1CCN(S(=O)(=O)/C=C/c2ccccc2)CC1. The van der Waals surface area contributed by atoms with E-state index in [0.29, 0.717) is 5.69 Å². The molecule has 27 heavy (non-hydrogen) atoms.